The van der Waals surface area contributed by atoms with Gasteiger partial charge in [0.25, 0.3) is 0 Å². The van der Waals surface area contributed by atoms with Crippen LogP contribution in [0.15, 0.2) is 18.3 Å². The molecule has 2 heterocycles. The van der Waals surface area contributed by atoms with Crippen LogP contribution in [0.1, 0.15) is 16.9 Å². The molecule has 2 rings (SSSR count). The van der Waals surface area contributed by atoms with E-state index < -0.39 is 0 Å². The van der Waals surface area contributed by atoms with Crippen LogP contribution < -0.4 is 0 Å². The molecular formula is C14H23N3O2. The fourth-order valence-electron chi connectivity index (χ4n) is 2.58. The number of aliphatic hydroxyl groups is 1. The molecule has 0 atom stereocenters. The maximum Gasteiger partial charge on any atom is 0.193 e. The maximum absolute atomic E-state index is 12.2. The molecular weight excluding hydrogens is 242 g/mol. The fourth-order valence-corrected chi connectivity index (χ4v) is 2.58. The van der Waals surface area contributed by atoms with Gasteiger partial charge in [-0.15, -0.1) is 0 Å². The van der Waals surface area contributed by atoms with Crippen LogP contribution in [0.5, 0.6) is 0 Å². The van der Waals surface area contributed by atoms with Crippen molar-refractivity contribution in [3.8, 4) is 0 Å². The van der Waals surface area contributed by atoms with Gasteiger partial charge in [0, 0.05) is 32.9 Å². The molecule has 0 saturated carbocycles. The first-order valence-electron chi connectivity index (χ1n) is 6.91. The Labute approximate surface area is 114 Å². The summed E-state index contributed by atoms with van der Waals surface area (Å²) < 4.78 is 1.87. The Kier molecular flexibility index (Phi) is 5.13. The molecule has 1 aromatic heterocycles. The van der Waals surface area contributed by atoms with E-state index in [1.165, 1.54) is 0 Å². The van der Waals surface area contributed by atoms with Crippen molar-refractivity contribution in [2.24, 2.45) is 7.05 Å². The van der Waals surface area contributed by atoms with E-state index in [-0.39, 0.29) is 12.4 Å². The summed E-state index contributed by atoms with van der Waals surface area (Å²) in [6, 6.07) is 3.77. The van der Waals surface area contributed by atoms with Gasteiger partial charge >= 0.3 is 0 Å². The smallest absolute Gasteiger partial charge is 0.193 e. The Morgan fingerprint density at radius 3 is 2.68 bits per heavy atom. The number of aromatic nitrogens is 1. The lowest BCUT2D eigenvalue weighted by atomic mass is 10.2. The van der Waals surface area contributed by atoms with Crippen LogP contribution >= 0.6 is 0 Å². The highest BCUT2D eigenvalue weighted by Gasteiger charge is 2.18. The number of carbonyl (C=O) groups is 1. The highest BCUT2D eigenvalue weighted by atomic mass is 16.3. The second-order valence-corrected chi connectivity index (χ2v) is 5.12. The molecule has 1 aromatic rings. The summed E-state index contributed by atoms with van der Waals surface area (Å²) in [6.07, 6.45) is 2.96. The van der Waals surface area contributed by atoms with E-state index in [1.807, 2.05) is 29.9 Å². The first kappa shape index (κ1) is 14.2. The predicted octanol–water partition coefficient (Wildman–Crippen LogP) is 0.208. The van der Waals surface area contributed by atoms with Gasteiger partial charge in [-0.05, 0) is 31.6 Å². The fraction of sp³-hybridized carbons (Fsp3) is 0.643. The number of rotatable bonds is 5. The average Bonchev–Trinajstić information content (AvgIpc) is 2.69. The third kappa shape index (κ3) is 3.89. The highest BCUT2D eigenvalue weighted by Crippen LogP contribution is 2.06. The molecule has 0 unspecified atom stereocenters. The second kappa shape index (κ2) is 6.84. The Hall–Kier alpha value is -1.17. The highest BCUT2D eigenvalue weighted by molar-refractivity contribution is 5.96. The SMILES string of the molecule is Cn1cccc1C(=O)CN1CCCN(CCO)CC1. The molecule has 1 saturated heterocycles. The number of aliphatic hydroxyl groups excluding tert-OH is 1. The summed E-state index contributed by atoms with van der Waals surface area (Å²) in [6.45, 7) is 5.23. The Morgan fingerprint density at radius 1 is 1.26 bits per heavy atom. The zero-order valence-corrected chi connectivity index (χ0v) is 11.6. The van der Waals surface area contributed by atoms with Crippen molar-refractivity contribution in [2.45, 2.75) is 6.42 Å². The molecule has 0 radical (unpaired) electrons. The Bertz CT molecular complexity index is 417. The van der Waals surface area contributed by atoms with Crippen LogP contribution in [0.2, 0.25) is 0 Å². The largest absolute Gasteiger partial charge is 0.395 e. The first-order chi connectivity index (χ1) is 9.20. The third-order valence-corrected chi connectivity index (χ3v) is 3.69. The average molecular weight is 265 g/mol. The number of aryl methyl sites for hydroxylation is 1. The minimum Gasteiger partial charge on any atom is -0.395 e. The van der Waals surface area contributed by atoms with E-state index in [1.54, 1.807) is 0 Å². The molecule has 0 aliphatic carbocycles. The number of carbonyl (C=O) groups excluding carboxylic acids is 1. The lowest BCUT2D eigenvalue weighted by Crippen LogP contribution is -2.35. The predicted molar refractivity (Wildman–Crippen MR) is 74.3 cm³/mol. The van der Waals surface area contributed by atoms with E-state index in [9.17, 15) is 4.79 Å². The number of nitrogens with zero attached hydrogens (tertiary/aromatic N) is 3. The summed E-state index contributed by atoms with van der Waals surface area (Å²) in [4.78, 5) is 16.7. The molecule has 1 N–H and O–H groups in total. The minimum atomic E-state index is 0.183. The number of hydrogen-bond acceptors (Lipinski definition) is 4. The monoisotopic (exact) mass is 265 g/mol. The molecule has 0 spiro atoms. The Balaban J connectivity index is 1.86. The van der Waals surface area contributed by atoms with Crippen LogP contribution in [0.25, 0.3) is 0 Å². The summed E-state index contributed by atoms with van der Waals surface area (Å²) in [5, 5.41) is 8.97. The molecule has 1 fully saturated rings. The molecule has 0 amide bonds. The van der Waals surface area contributed by atoms with Crippen molar-refractivity contribution >= 4 is 5.78 Å². The van der Waals surface area contributed by atoms with Crippen molar-refractivity contribution in [2.75, 3.05) is 45.9 Å². The third-order valence-electron chi connectivity index (χ3n) is 3.69. The standard InChI is InChI=1S/C14H23N3O2/c1-15-5-2-4-13(15)14(19)12-17-7-3-6-16(8-9-17)10-11-18/h2,4-5,18H,3,6-12H2,1H3. The second-order valence-electron chi connectivity index (χ2n) is 5.12. The van der Waals surface area contributed by atoms with Gasteiger partial charge in [0.05, 0.1) is 18.8 Å². The zero-order chi connectivity index (χ0) is 13.7. The molecule has 5 heteroatoms. The van der Waals surface area contributed by atoms with Crippen molar-refractivity contribution < 1.29 is 9.90 Å². The van der Waals surface area contributed by atoms with Gasteiger partial charge < -0.3 is 9.67 Å². The van der Waals surface area contributed by atoms with Gasteiger partial charge in [0.15, 0.2) is 5.78 Å². The molecule has 0 aromatic carbocycles. The number of hydrogen-bond donors (Lipinski definition) is 1. The van der Waals surface area contributed by atoms with Crippen LogP contribution in [0.4, 0.5) is 0 Å². The molecule has 1 aliphatic heterocycles. The summed E-state index contributed by atoms with van der Waals surface area (Å²) in [5.41, 5.74) is 0.775. The quantitative estimate of drug-likeness (QED) is 0.773. The molecule has 5 nitrogen and oxygen atoms in total. The van der Waals surface area contributed by atoms with Crippen LogP contribution in [0, 0.1) is 0 Å². The maximum atomic E-state index is 12.2. The van der Waals surface area contributed by atoms with Gasteiger partial charge in [0.2, 0.25) is 0 Å². The molecule has 19 heavy (non-hydrogen) atoms. The summed E-state index contributed by atoms with van der Waals surface area (Å²) in [5.74, 6) is 0.183. The van der Waals surface area contributed by atoms with Crippen LogP contribution in [0.3, 0.4) is 0 Å². The summed E-state index contributed by atoms with van der Waals surface area (Å²) in [7, 11) is 1.90. The number of Topliss-reactive ketones (excluding diaryl/α,β-unsaturated/α-hetero) is 1. The molecule has 1 aliphatic rings. The van der Waals surface area contributed by atoms with Gasteiger partial charge in [-0.25, -0.2) is 0 Å². The van der Waals surface area contributed by atoms with Crippen molar-refractivity contribution in [3.05, 3.63) is 24.0 Å². The van der Waals surface area contributed by atoms with E-state index in [2.05, 4.69) is 9.80 Å². The van der Waals surface area contributed by atoms with E-state index in [4.69, 9.17) is 5.11 Å². The van der Waals surface area contributed by atoms with E-state index in [0.717, 1.165) is 44.8 Å². The Morgan fingerprint density at radius 2 is 2.00 bits per heavy atom. The zero-order valence-electron chi connectivity index (χ0n) is 11.6. The minimum absolute atomic E-state index is 0.183. The van der Waals surface area contributed by atoms with Crippen LogP contribution in [-0.4, -0.2) is 71.1 Å². The summed E-state index contributed by atoms with van der Waals surface area (Å²) >= 11 is 0. The number of β-amino-alcohol motifs (C(OH)–C–C–N with tert-alkyl or cyclic N) is 1. The van der Waals surface area contributed by atoms with Crippen molar-refractivity contribution in [3.63, 3.8) is 0 Å². The molecule has 0 bridgehead atoms. The van der Waals surface area contributed by atoms with Gasteiger partial charge in [-0.2, -0.15) is 0 Å². The van der Waals surface area contributed by atoms with Crippen LogP contribution in [-0.2, 0) is 7.05 Å². The first-order valence-corrected chi connectivity index (χ1v) is 6.91. The van der Waals surface area contributed by atoms with Crippen molar-refractivity contribution in [1.82, 2.24) is 14.4 Å². The van der Waals surface area contributed by atoms with E-state index in [0.29, 0.717) is 6.54 Å². The van der Waals surface area contributed by atoms with E-state index >= 15 is 0 Å². The number of ketones is 1. The lowest BCUT2D eigenvalue weighted by molar-refractivity contribution is 0.0924. The van der Waals surface area contributed by atoms with Gasteiger partial charge in [-0.1, -0.05) is 0 Å². The van der Waals surface area contributed by atoms with Gasteiger partial charge in [0.1, 0.15) is 0 Å². The normalized spacial score (nSPS) is 18.4. The van der Waals surface area contributed by atoms with Crippen molar-refractivity contribution in [1.29, 1.82) is 0 Å². The topological polar surface area (TPSA) is 48.7 Å². The lowest BCUT2D eigenvalue weighted by Gasteiger charge is -2.20. The molecule has 106 valence electrons. The van der Waals surface area contributed by atoms with Gasteiger partial charge in [-0.3, -0.25) is 14.6 Å².